The van der Waals surface area contributed by atoms with Gasteiger partial charge in [0.15, 0.2) is 0 Å². The minimum atomic E-state index is -1.48. The minimum absolute atomic E-state index is 0. The van der Waals surface area contributed by atoms with Crippen molar-refractivity contribution < 1.29 is 66.2 Å². The summed E-state index contributed by atoms with van der Waals surface area (Å²) in [6.45, 7) is 40.0. The second kappa shape index (κ2) is 31.0. The van der Waals surface area contributed by atoms with Gasteiger partial charge in [0.05, 0.1) is 0 Å². The first-order chi connectivity index (χ1) is 47.7. The van der Waals surface area contributed by atoms with Crippen LogP contribution in [-0.4, -0.2) is 79.1 Å². The molecule has 0 saturated heterocycles. The van der Waals surface area contributed by atoms with E-state index in [0.29, 0.717) is 33.4 Å². The third-order valence-electron chi connectivity index (χ3n) is 16.2. The van der Waals surface area contributed by atoms with Gasteiger partial charge in [0.1, 0.15) is 82.9 Å². The summed E-state index contributed by atoms with van der Waals surface area (Å²) in [5, 5.41) is 76.5. The molecule has 0 aliphatic rings. The fourth-order valence-electron chi connectivity index (χ4n) is 11.5. The summed E-state index contributed by atoms with van der Waals surface area (Å²) in [5.74, 6) is 20.7. The zero-order valence-corrected chi connectivity index (χ0v) is 72.2. The molecule has 6 nitrogen and oxygen atoms in total. The predicted octanol–water partition coefficient (Wildman–Crippen LogP) is 22.6. The van der Waals surface area contributed by atoms with Crippen molar-refractivity contribution in [3.05, 3.63) is 215 Å². The van der Waals surface area contributed by atoms with Crippen LogP contribution in [0.3, 0.4) is 0 Å². The molecule has 0 atom stereocenters. The average molecular weight is 1580 g/mol. The van der Waals surface area contributed by atoms with Crippen LogP contribution in [0.2, 0.25) is 118 Å². The standard InChI is InChI=1S/3C30H30O2Si2.La/c3*1-33(2,3)17-15-21-7-11-25-23(19-21)9-13-27(31)29(25)30-26-12-8-22(16-18-34(4,5)6)20-24(26)10-14-28(30)32;/h3*7-14,19-20,31-32H,1-6H3;. The Kier molecular flexibility index (Phi) is 23.5. The maximum Gasteiger partial charge on any atom is 0.129 e. The molecule has 0 bridgehead atoms. The molecular formula is C90H90LaO6Si6. The van der Waals surface area contributed by atoms with Crippen molar-refractivity contribution in [3.63, 3.8) is 0 Å². The van der Waals surface area contributed by atoms with Gasteiger partial charge in [-0.15, -0.1) is 33.3 Å². The topological polar surface area (TPSA) is 121 Å². The monoisotopic (exact) mass is 1570 g/mol. The van der Waals surface area contributed by atoms with Gasteiger partial charge >= 0.3 is 0 Å². The molecule has 0 heterocycles. The van der Waals surface area contributed by atoms with Crippen molar-refractivity contribution in [2.24, 2.45) is 0 Å². The molecule has 12 aromatic rings. The summed E-state index contributed by atoms with van der Waals surface area (Å²) in [4.78, 5) is 0. The minimum Gasteiger partial charge on any atom is -0.507 e. The van der Waals surface area contributed by atoms with Gasteiger partial charge < -0.3 is 30.6 Å². The zero-order chi connectivity index (χ0) is 74.0. The Balaban J connectivity index is 0.000000179. The van der Waals surface area contributed by atoms with Crippen molar-refractivity contribution in [1.29, 1.82) is 0 Å². The fourth-order valence-corrected chi connectivity index (χ4v) is 14.6. The molecular weight excluding hydrogens is 1480 g/mol. The zero-order valence-electron chi connectivity index (χ0n) is 62.6. The Bertz CT molecular complexity index is 4860. The average Bonchev–Trinajstić information content (AvgIpc) is 0.766. The molecule has 513 valence electrons. The number of phenolic OH excluding ortho intramolecular Hbond substituents is 6. The van der Waals surface area contributed by atoms with Crippen molar-refractivity contribution in [2.75, 3.05) is 0 Å². The first kappa shape index (κ1) is 78.0. The van der Waals surface area contributed by atoms with E-state index in [0.717, 1.165) is 98.0 Å². The van der Waals surface area contributed by atoms with Crippen LogP contribution < -0.4 is 0 Å². The summed E-state index contributed by atoms with van der Waals surface area (Å²) in [6, 6.07) is 57.8. The molecule has 0 unspecified atom stereocenters. The van der Waals surface area contributed by atoms with Crippen LogP contribution in [0.25, 0.3) is 98.0 Å². The van der Waals surface area contributed by atoms with Crippen LogP contribution in [0, 0.1) is 104 Å². The largest absolute Gasteiger partial charge is 0.507 e. The molecule has 0 aliphatic carbocycles. The molecule has 0 aromatic heterocycles. The molecule has 12 rings (SSSR count). The third-order valence-corrected chi connectivity index (χ3v) is 21.5. The third kappa shape index (κ3) is 20.2. The number of hydrogen-bond donors (Lipinski definition) is 6. The Morgan fingerprint density at radius 2 is 0.311 bits per heavy atom. The Morgan fingerprint density at radius 1 is 0.184 bits per heavy atom. The maximum absolute atomic E-state index is 10.9. The van der Waals surface area contributed by atoms with Gasteiger partial charge in [0, 0.05) is 102 Å². The van der Waals surface area contributed by atoms with Gasteiger partial charge in [0.2, 0.25) is 0 Å². The normalized spacial score (nSPS) is 11.5. The summed E-state index contributed by atoms with van der Waals surface area (Å²) >= 11 is 0. The van der Waals surface area contributed by atoms with Crippen LogP contribution >= 0.6 is 0 Å². The molecule has 0 aliphatic heterocycles. The number of aromatic hydroxyl groups is 6. The molecule has 0 amide bonds. The van der Waals surface area contributed by atoms with E-state index in [9.17, 15) is 30.6 Å². The van der Waals surface area contributed by atoms with E-state index in [2.05, 4.69) is 223 Å². The number of rotatable bonds is 3. The fraction of sp³-hybridized carbons (Fsp3) is 0.200. The Hall–Kier alpha value is -9.14. The van der Waals surface area contributed by atoms with Gasteiger partial charge in [-0.1, -0.05) is 226 Å². The molecule has 6 N–H and O–H groups in total. The van der Waals surface area contributed by atoms with Crippen molar-refractivity contribution >= 4 is 113 Å². The predicted molar refractivity (Wildman–Crippen MR) is 452 cm³/mol. The van der Waals surface area contributed by atoms with E-state index < -0.39 is 48.4 Å². The van der Waals surface area contributed by atoms with Gasteiger partial charge in [0.25, 0.3) is 0 Å². The van der Waals surface area contributed by atoms with Crippen LogP contribution in [0.4, 0.5) is 0 Å². The summed E-state index contributed by atoms with van der Waals surface area (Å²) in [7, 11) is -8.89. The number of hydrogen-bond acceptors (Lipinski definition) is 6. The molecule has 1 radical (unpaired) electrons. The summed E-state index contributed by atoms with van der Waals surface area (Å²) < 4.78 is 0. The van der Waals surface area contributed by atoms with Crippen LogP contribution in [0.5, 0.6) is 34.5 Å². The second-order valence-electron chi connectivity index (χ2n) is 32.4. The number of phenols is 6. The molecule has 0 spiro atoms. The van der Waals surface area contributed by atoms with E-state index >= 15 is 0 Å². The van der Waals surface area contributed by atoms with Crippen LogP contribution in [0.1, 0.15) is 33.4 Å². The summed E-state index contributed by atoms with van der Waals surface area (Å²) in [5.41, 5.74) is 30.0. The molecule has 13 heteroatoms. The Labute approximate surface area is 643 Å². The van der Waals surface area contributed by atoms with E-state index in [1.54, 1.807) is 36.4 Å². The maximum atomic E-state index is 10.9. The number of benzene rings is 12. The number of fused-ring (bicyclic) bond motifs is 6. The van der Waals surface area contributed by atoms with Crippen molar-refractivity contribution in [1.82, 2.24) is 0 Å². The van der Waals surface area contributed by atoms with Gasteiger partial charge in [-0.2, -0.15) is 0 Å². The molecule has 12 aromatic carbocycles. The molecule has 0 saturated carbocycles. The van der Waals surface area contributed by atoms with Gasteiger partial charge in [-0.05, 0) is 174 Å². The summed E-state index contributed by atoms with van der Waals surface area (Å²) in [6.07, 6.45) is 0. The molecule has 103 heavy (non-hydrogen) atoms. The van der Waals surface area contributed by atoms with Crippen LogP contribution in [0.15, 0.2) is 182 Å². The van der Waals surface area contributed by atoms with E-state index in [4.69, 9.17) is 0 Å². The van der Waals surface area contributed by atoms with Gasteiger partial charge in [-0.25, -0.2) is 0 Å². The quantitative estimate of drug-likeness (QED) is 0.0774. The van der Waals surface area contributed by atoms with Crippen molar-refractivity contribution in [3.8, 4) is 137 Å². The Morgan fingerprint density at radius 3 is 0.427 bits per heavy atom. The second-order valence-corrected chi connectivity index (χ2v) is 60.9. The van der Waals surface area contributed by atoms with Crippen molar-refractivity contribution in [2.45, 2.75) is 118 Å². The first-order valence-corrected chi connectivity index (χ1v) is 55.5. The van der Waals surface area contributed by atoms with Crippen LogP contribution in [-0.2, 0) is 0 Å². The first-order valence-electron chi connectivity index (χ1n) is 34.5. The SMILES string of the molecule is C[Si](C)(C)C#Cc1ccc2c(-c3c(O)ccc4cc(C#C[Si](C)(C)C)ccc34)c(O)ccc2c1.C[Si](C)(C)C#Cc1ccc2c(-c3c(O)ccc4cc(C#C[Si](C)(C)C)ccc34)c(O)ccc2c1.C[Si](C)(C)C#Cc1ccc2c(-c3c(O)ccc4cc(C#C[Si](C)(C)C)ccc34)c(O)ccc2c1.[La]. The van der Waals surface area contributed by atoms with E-state index in [-0.39, 0.29) is 70.1 Å². The molecule has 0 fully saturated rings. The smallest absolute Gasteiger partial charge is 0.129 e. The van der Waals surface area contributed by atoms with Gasteiger partial charge in [-0.3, -0.25) is 0 Å². The van der Waals surface area contributed by atoms with E-state index in [1.807, 2.05) is 109 Å². The van der Waals surface area contributed by atoms with E-state index in [1.165, 1.54) is 0 Å².